The maximum atomic E-state index is 12.8. The Morgan fingerprint density at radius 2 is 1.73 bits per heavy atom. The van der Waals surface area contributed by atoms with E-state index in [4.69, 9.17) is 0 Å². The molecule has 0 bridgehead atoms. The van der Waals surface area contributed by atoms with Crippen LogP contribution in [0.2, 0.25) is 0 Å². The second kappa shape index (κ2) is 7.22. The molecule has 1 aromatic heterocycles. The number of para-hydroxylation sites is 1. The van der Waals surface area contributed by atoms with Crippen molar-refractivity contribution < 1.29 is 4.79 Å². The molecule has 0 unspecified atom stereocenters. The molecule has 0 radical (unpaired) electrons. The molecule has 3 N–H and O–H groups in total. The molecule has 1 saturated heterocycles. The molecular weight excluding hydrogens is 324 g/mol. The lowest BCUT2D eigenvalue weighted by molar-refractivity contribution is -0.132. The maximum Gasteiger partial charge on any atom is 0.244 e. The highest BCUT2D eigenvalue weighted by atomic mass is 16.2. The van der Waals surface area contributed by atoms with E-state index in [1.165, 1.54) is 0 Å². The molecular formula is C21H24N4O. The Bertz CT molecular complexity index is 897. The molecule has 1 amide bonds. The van der Waals surface area contributed by atoms with Crippen molar-refractivity contribution in [3.8, 4) is 11.3 Å². The van der Waals surface area contributed by atoms with Crippen LogP contribution in [0.3, 0.4) is 0 Å². The van der Waals surface area contributed by atoms with Gasteiger partial charge in [-0.05, 0) is 13.0 Å². The fourth-order valence-corrected chi connectivity index (χ4v) is 3.55. The molecule has 4 rings (SSSR count). The van der Waals surface area contributed by atoms with E-state index in [0.717, 1.165) is 54.0 Å². The second-order valence-electron chi connectivity index (χ2n) is 6.73. The van der Waals surface area contributed by atoms with Crippen molar-refractivity contribution in [3.63, 3.8) is 0 Å². The summed E-state index contributed by atoms with van der Waals surface area (Å²) in [6, 6.07) is 18.1. The van der Waals surface area contributed by atoms with Crippen molar-refractivity contribution in [1.82, 2.24) is 15.2 Å². The van der Waals surface area contributed by atoms with E-state index in [1.807, 2.05) is 42.2 Å². The van der Waals surface area contributed by atoms with Crippen LogP contribution in [0.5, 0.6) is 0 Å². The number of aromatic nitrogens is 1. The highest BCUT2D eigenvalue weighted by molar-refractivity contribution is 6.02. The van der Waals surface area contributed by atoms with Crippen LogP contribution >= 0.6 is 0 Å². The molecule has 1 atom stereocenters. The highest BCUT2D eigenvalue weighted by Gasteiger charge is 2.24. The lowest BCUT2D eigenvalue weighted by Crippen LogP contribution is -2.50. The lowest BCUT2D eigenvalue weighted by Gasteiger charge is -2.30. The Labute approximate surface area is 153 Å². The summed E-state index contributed by atoms with van der Waals surface area (Å²) in [6.45, 7) is 5.21. The van der Waals surface area contributed by atoms with Crippen LogP contribution in [0.15, 0.2) is 54.6 Å². The van der Waals surface area contributed by atoms with E-state index in [2.05, 4.69) is 39.9 Å². The van der Waals surface area contributed by atoms with Crippen LogP contribution in [0.1, 0.15) is 6.92 Å². The number of amides is 1. The predicted octanol–water partition coefficient (Wildman–Crippen LogP) is 3.07. The molecule has 2 aromatic carbocycles. The van der Waals surface area contributed by atoms with E-state index >= 15 is 0 Å². The molecule has 1 fully saturated rings. The van der Waals surface area contributed by atoms with E-state index in [-0.39, 0.29) is 11.9 Å². The van der Waals surface area contributed by atoms with Gasteiger partial charge in [0.25, 0.3) is 0 Å². The number of anilines is 1. The summed E-state index contributed by atoms with van der Waals surface area (Å²) in [5.41, 5.74) is 4.18. The summed E-state index contributed by atoms with van der Waals surface area (Å²) >= 11 is 0. The Hall–Kier alpha value is -2.79. The fourth-order valence-electron chi connectivity index (χ4n) is 3.55. The SMILES string of the molecule is C[C@H](Nc1c(-c2ccccc2)[nH]c2ccccc12)C(=O)N1CCNCC1. The number of H-pyrrole nitrogens is 1. The van der Waals surface area contributed by atoms with Crippen LogP contribution in [-0.2, 0) is 4.79 Å². The zero-order valence-electron chi connectivity index (χ0n) is 15.0. The number of hydrogen-bond acceptors (Lipinski definition) is 3. The number of carbonyl (C=O) groups excluding carboxylic acids is 1. The summed E-state index contributed by atoms with van der Waals surface area (Å²) in [6.07, 6.45) is 0. The van der Waals surface area contributed by atoms with E-state index < -0.39 is 0 Å². The molecule has 26 heavy (non-hydrogen) atoms. The second-order valence-corrected chi connectivity index (χ2v) is 6.73. The Kier molecular flexibility index (Phi) is 4.63. The summed E-state index contributed by atoms with van der Waals surface area (Å²) in [4.78, 5) is 18.3. The third kappa shape index (κ3) is 3.18. The Morgan fingerprint density at radius 3 is 2.50 bits per heavy atom. The summed E-state index contributed by atoms with van der Waals surface area (Å²) < 4.78 is 0. The molecule has 3 aromatic rings. The number of nitrogens with zero attached hydrogens (tertiary/aromatic N) is 1. The molecule has 134 valence electrons. The zero-order valence-corrected chi connectivity index (χ0v) is 15.0. The third-order valence-corrected chi connectivity index (χ3v) is 4.93. The first kappa shape index (κ1) is 16.7. The van der Waals surface area contributed by atoms with Gasteiger partial charge in [0.2, 0.25) is 5.91 Å². The van der Waals surface area contributed by atoms with Crippen LogP contribution in [0.25, 0.3) is 22.2 Å². The molecule has 0 aliphatic carbocycles. The average Bonchev–Trinajstić information content (AvgIpc) is 3.07. The van der Waals surface area contributed by atoms with E-state index in [0.29, 0.717) is 0 Å². The van der Waals surface area contributed by atoms with Gasteiger partial charge in [-0.2, -0.15) is 0 Å². The van der Waals surface area contributed by atoms with Gasteiger partial charge >= 0.3 is 0 Å². The smallest absolute Gasteiger partial charge is 0.244 e. The highest BCUT2D eigenvalue weighted by Crippen LogP contribution is 2.35. The van der Waals surface area contributed by atoms with Crippen molar-refractivity contribution in [2.24, 2.45) is 0 Å². The number of carbonyl (C=O) groups is 1. The van der Waals surface area contributed by atoms with Gasteiger partial charge in [0, 0.05) is 42.6 Å². The minimum atomic E-state index is -0.283. The minimum absolute atomic E-state index is 0.149. The number of rotatable bonds is 4. The van der Waals surface area contributed by atoms with Gasteiger partial charge in [-0.1, -0.05) is 48.5 Å². The van der Waals surface area contributed by atoms with Crippen LogP contribution in [0, 0.1) is 0 Å². The van der Waals surface area contributed by atoms with E-state index in [1.54, 1.807) is 0 Å². The zero-order chi connectivity index (χ0) is 17.9. The summed E-state index contributed by atoms with van der Waals surface area (Å²) in [5.74, 6) is 0.149. The molecule has 0 spiro atoms. The number of fused-ring (bicyclic) bond motifs is 1. The van der Waals surface area contributed by atoms with E-state index in [9.17, 15) is 4.79 Å². The normalized spacial score (nSPS) is 15.8. The monoisotopic (exact) mass is 348 g/mol. The van der Waals surface area contributed by atoms with Crippen molar-refractivity contribution in [3.05, 3.63) is 54.6 Å². The third-order valence-electron chi connectivity index (χ3n) is 4.93. The van der Waals surface area contributed by atoms with Crippen molar-refractivity contribution >= 4 is 22.5 Å². The Morgan fingerprint density at radius 1 is 1.04 bits per heavy atom. The average molecular weight is 348 g/mol. The predicted molar refractivity (Wildman–Crippen MR) is 106 cm³/mol. The van der Waals surface area contributed by atoms with Gasteiger partial charge in [-0.15, -0.1) is 0 Å². The summed E-state index contributed by atoms with van der Waals surface area (Å²) in [7, 11) is 0. The van der Waals surface area contributed by atoms with Crippen LogP contribution < -0.4 is 10.6 Å². The van der Waals surface area contributed by atoms with Gasteiger partial charge in [0.05, 0.1) is 11.4 Å². The van der Waals surface area contributed by atoms with Gasteiger partial charge in [0.1, 0.15) is 6.04 Å². The number of hydrogen-bond donors (Lipinski definition) is 3. The first-order valence-electron chi connectivity index (χ1n) is 9.16. The lowest BCUT2D eigenvalue weighted by atomic mass is 10.1. The van der Waals surface area contributed by atoms with Crippen LogP contribution in [-0.4, -0.2) is 48.0 Å². The number of aromatic amines is 1. The number of nitrogens with one attached hydrogen (secondary N) is 3. The van der Waals surface area contributed by atoms with Crippen molar-refractivity contribution in [2.75, 3.05) is 31.5 Å². The molecule has 1 aliphatic rings. The van der Waals surface area contributed by atoms with Gasteiger partial charge < -0.3 is 20.5 Å². The van der Waals surface area contributed by atoms with Crippen molar-refractivity contribution in [1.29, 1.82) is 0 Å². The molecule has 0 saturated carbocycles. The van der Waals surface area contributed by atoms with Gasteiger partial charge in [-0.3, -0.25) is 4.79 Å². The molecule has 5 nitrogen and oxygen atoms in total. The molecule has 5 heteroatoms. The fraction of sp³-hybridized carbons (Fsp3) is 0.286. The maximum absolute atomic E-state index is 12.8. The number of benzene rings is 2. The minimum Gasteiger partial charge on any atom is -0.372 e. The van der Waals surface area contributed by atoms with Gasteiger partial charge in [0.15, 0.2) is 0 Å². The topological polar surface area (TPSA) is 60.2 Å². The quantitative estimate of drug-likeness (QED) is 0.679. The summed E-state index contributed by atoms with van der Waals surface area (Å²) in [5, 5.41) is 7.88. The van der Waals surface area contributed by atoms with Crippen LogP contribution in [0.4, 0.5) is 5.69 Å². The largest absolute Gasteiger partial charge is 0.372 e. The molecule has 2 heterocycles. The Balaban J connectivity index is 1.67. The van der Waals surface area contributed by atoms with Gasteiger partial charge in [-0.25, -0.2) is 0 Å². The standard InChI is InChI=1S/C21H24N4O/c1-15(21(26)25-13-11-22-12-14-25)23-20-17-9-5-6-10-18(17)24-19(20)16-7-3-2-4-8-16/h2-10,15,22-24H,11-14H2,1H3/t15-/m0/s1. The first-order valence-corrected chi connectivity index (χ1v) is 9.16. The number of piperazine rings is 1. The van der Waals surface area contributed by atoms with Crippen molar-refractivity contribution in [2.45, 2.75) is 13.0 Å². The first-order chi connectivity index (χ1) is 12.7. The molecule has 1 aliphatic heterocycles.